The van der Waals surface area contributed by atoms with Crippen LogP contribution in [0.15, 0.2) is 47.0 Å². The summed E-state index contributed by atoms with van der Waals surface area (Å²) in [5.74, 6) is 1.58. The van der Waals surface area contributed by atoms with E-state index in [1.54, 1.807) is 23.1 Å². The number of hydrogen-bond acceptors (Lipinski definition) is 9. The topological polar surface area (TPSA) is 126 Å². The van der Waals surface area contributed by atoms with Gasteiger partial charge in [-0.2, -0.15) is 0 Å². The molecule has 4 rings (SSSR count). The second kappa shape index (κ2) is 11.1. The molecule has 1 saturated heterocycles. The van der Waals surface area contributed by atoms with Gasteiger partial charge in [-0.15, -0.1) is 0 Å². The van der Waals surface area contributed by atoms with E-state index in [9.17, 15) is 14.9 Å². The lowest BCUT2D eigenvalue weighted by molar-refractivity contribution is -0.384. The number of nitro benzene ring substituents is 1. The van der Waals surface area contributed by atoms with E-state index in [0.717, 1.165) is 12.8 Å². The Hall–Kier alpha value is -4.12. The molecule has 0 radical (unpaired) electrons. The highest BCUT2D eigenvalue weighted by Crippen LogP contribution is 2.41. The lowest BCUT2D eigenvalue weighted by Gasteiger charge is -2.24. The number of ether oxygens (including phenoxy) is 4. The van der Waals surface area contributed by atoms with Crippen molar-refractivity contribution < 1.29 is 33.2 Å². The molecule has 0 saturated carbocycles. The average molecular weight is 498 g/mol. The Balaban J connectivity index is 1.59. The molecule has 0 bridgehead atoms. The van der Waals surface area contributed by atoms with E-state index in [1.807, 2.05) is 0 Å². The molecule has 190 valence electrons. The van der Waals surface area contributed by atoms with Gasteiger partial charge in [0.1, 0.15) is 5.69 Å². The zero-order chi connectivity index (χ0) is 25.7. The molecular formula is C25H27N3O8. The van der Waals surface area contributed by atoms with Gasteiger partial charge in [-0.3, -0.25) is 14.9 Å². The normalized spacial score (nSPS) is 14.9. The van der Waals surface area contributed by atoms with Crippen LogP contribution >= 0.6 is 0 Å². The number of carbonyl (C=O) groups is 1. The maximum absolute atomic E-state index is 13.3. The smallest absolute Gasteiger partial charge is 0.269 e. The summed E-state index contributed by atoms with van der Waals surface area (Å²) in [5, 5.41) is 15.1. The minimum absolute atomic E-state index is 0.0799. The maximum Gasteiger partial charge on any atom is 0.269 e. The first-order valence-electron chi connectivity index (χ1n) is 11.3. The van der Waals surface area contributed by atoms with Crippen LogP contribution in [-0.2, 0) is 11.3 Å². The first-order chi connectivity index (χ1) is 17.4. The highest BCUT2D eigenvalue weighted by atomic mass is 16.6. The summed E-state index contributed by atoms with van der Waals surface area (Å²) in [7, 11) is 4.58. The molecule has 0 spiro atoms. The third-order valence-corrected chi connectivity index (χ3v) is 5.92. The molecule has 2 aromatic carbocycles. The van der Waals surface area contributed by atoms with Crippen molar-refractivity contribution in [1.82, 2.24) is 10.1 Å². The van der Waals surface area contributed by atoms with Gasteiger partial charge in [0.05, 0.1) is 38.9 Å². The summed E-state index contributed by atoms with van der Waals surface area (Å²) in [6.45, 7) is 1.19. The van der Waals surface area contributed by atoms with Crippen LogP contribution in [-0.4, -0.2) is 61.5 Å². The van der Waals surface area contributed by atoms with Crippen molar-refractivity contribution >= 4 is 11.6 Å². The zero-order valence-electron chi connectivity index (χ0n) is 20.3. The molecule has 1 amide bonds. The quantitative estimate of drug-likeness (QED) is 0.300. The number of carbonyl (C=O) groups excluding carboxylic acids is 1. The summed E-state index contributed by atoms with van der Waals surface area (Å²) in [6.07, 6.45) is 1.69. The molecule has 1 aromatic heterocycles. The Morgan fingerprint density at radius 2 is 1.81 bits per heavy atom. The number of amides is 1. The number of rotatable bonds is 10. The summed E-state index contributed by atoms with van der Waals surface area (Å²) < 4.78 is 27.5. The molecule has 1 aliphatic heterocycles. The van der Waals surface area contributed by atoms with Gasteiger partial charge in [0.25, 0.3) is 11.6 Å². The van der Waals surface area contributed by atoms with Gasteiger partial charge in [0.2, 0.25) is 5.75 Å². The molecule has 36 heavy (non-hydrogen) atoms. The van der Waals surface area contributed by atoms with Gasteiger partial charge in [-0.05, 0) is 37.1 Å². The number of hydrogen-bond donors (Lipinski definition) is 0. The lowest BCUT2D eigenvalue weighted by atomic mass is 10.1. The summed E-state index contributed by atoms with van der Waals surface area (Å²) in [5.41, 5.74) is 1.46. The Bertz CT molecular complexity index is 1190. The largest absolute Gasteiger partial charge is 0.493 e. The van der Waals surface area contributed by atoms with Gasteiger partial charge < -0.3 is 28.4 Å². The van der Waals surface area contributed by atoms with Gasteiger partial charge in [0.15, 0.2) is 17.3 Å². The van der Waals surface area contributed by atoms with E-state index >= 15 is 0 Å². The van der Waals surface area contributed by atoms with Crippen LogP contribution in [0.4, 0.5) is 5.69 Å². The Morgan fingerprint density at radius 1 is 1.11 bits per heavy atom. The number of aromatic nitrogens is 1. The number of nitro groups is 1. The predicted octanol–water partition coefficient (Wildman–Crippen LogP) is 4.10. The third-order valence-electron chi connectivity index (χ3n) is 5.92. The highest BCUT2D eigenvalue weighted by Gasteiger charge is 2.25. The molecule has 11 nitrogen and oxygen atoms in total. The SMILES string of the molecule is COc1cc(-c2cc(CN(C[C@H]3CCCO3)C(=O)c3ccc([N+](=O)[O-])cc3)no2)cc(OC)c1OC. The van der Waals surface area contributed by atoms with Crippen LogP contribution in [0.3, 0.4) is 0 Å². The van der Waals surface area contributed by atoms with E-state index in [0.29, 0.717) is 53.0 Å². The Kier molecular flexibility index (Phi) is 7.69. The van der Waals surface area contributed by atoms with Gasteiger partial charge >= 0.3 is 0 Å². The molecule has 1 atom stereocenters. The molecule has 0 aliphatic carbocycles. The van der Waals surface area contributed by atoms with Crippen LogP contribution in [0.1, 0.15) is 28.9 Å². The highest BCUT2D eigenvalue weighted by molar-refractivity contribution is 5.94. The van der Waals surface area contributed by atoms with Crippen molar-refractivity contribution in [1.29, 1.82) is 0 Å². The first kappa shape index (κ1) is 25.0. The maximum atomic E-state index is 13.3. The molecule has 0 N–H and O–H groups in total. The standard InChI is InChI=1S/C25H27N3O8/c1-32-22-11-17(12-23(33-2)24(22)34-3)21-13-18(26-36-21)14-27(15-20-5-4-10-35-20)25(29)16-6-8-19(9-7-16)28(30)31/h6-9,11-13,20H,4-5,10,14-15H2,1-3H3/t20-/m1/s1. The minimum Gasteiger partial charge on any atom is -0.493 e. The van der Waals surface area contributed by atoms with Crippen molar-refractivity contribution in [3.8, 4) is 28.6 Å². The summed E-state index contributed by atoms with van der Waals surface area (Å²) in [4.78, 5) is 25.4. The molecule has 3 aromatic rings. The van der Waals surface area contributed by atoms with E-state index in [-0.39, 0.29) is 24.2 Å². The second-order valence-electron chi connectivity index (χ2n) is 8.22. The fourth-order valence-corrected chi connectivity index (χ4v) is 4.10. The van der Waals surface area contributed by atoms with Crippen molar-refractivity contribution in [2.75, 3.05) is 34.5 Å². The van der Waals surface area contributed by atoms with Gasteiger partial charge in [0, 0.05) is 42.5 Å². The number of benzene rings is 2. The van der Waals surface area contributed by atoms with E-state index in [4.69, 9.17) is 23.5 Å². The third kappa shape index (κ3) is 5.41. The molecule has 11 heteroatoms. The average Bonchev–Trinajstić information content (AvgIpc) is 3.59. The van der Waals surface area contributed by atoms with E-state index < -0.39 is 4.92 Å². The van der Waals surface area contributed by atoms with Crippen LogP contribution in [0, 0.1) is 10.1 Å². The molecular weight excluding hydrogens is 470 g/mol. The molecule has 2 heterocycles. The van der Waals surface area contributed by atoms with Crippen molar-refractivity contribution in [2.45, 2.75) is 25.5 Å². The van der Waals surface area contributed by atoms with Crippen molar-refractivity contribution in [3.05, 3.63) is 63.8 Å². The molecule has 0 unspecified atom stereocenters. The van der Waals surface area contributed by atoms with E-state index in [2.05, 4.69) is 5.16 Å². The zero-order valence-corrected chi connectivity index (χ0v) is 20.3. The van der Waals surface area contributed by atoms with Crippen molar-refractivity contribution in [2.24, 2.45) is 0 Å². The predicted molar refractivity (Wildman–Crippen MR) is 128 cm³/mol. The first-order valence-corrected chi connectivity index (χ1v) is 11.3. The van der Waals surface area contributed by atoms with Crippen LogP contribution in [0.5, 0.6) is 17.2 Å². The van der Waals surface area contributed by atoms with Gasteiger partial charge in [-0.1, -0.05) is 5.16 Å². The molecule has 1 fully saturated rings. The second-order valence-corrected chi connectivity index (χ2v) is 8.22. The Morgan fingerprint density at radius 3 is 2.36 bits per heavy atom. The molecule has 1 aliphatic rings. The number of non-ortho nitro benzene ring substituents is 1. The van der Waals surface area contributed by atoms with Crippen LogP contribution in [0.2, 0.25) is 0 Å². The summed E-state index contributed by atoms with van der Waals surface area (Å²) in [6, 6.07) is 10.8. The monoisotopic (exact) mass is 497 g/mol. The fraction of sp³-hybridized carbons (Fsp3) is 0.360. The lowest BCUT2D eigenvalue weighted by Crippen LogP contribution is -2.37. The van der Waals surface area contributed by atoms with Gasteiger partial charge in [-0.25, -0.2) is 0 Å². The fourth-order valence-electron chi connectivity index (χ4n) is 4.10. The van der Waals surface area contributed by atoms with Crippen molar-refractivity contribution in [3.63, 3.8) is 0 Å². The number of methoxy groups -OCH3 is 3. The Labute approximate surface area is 207 Å². The van der Waals surface area contributed by atoms with Crippen LogP contribution < -0.4 is 14.2 Å². The number of nitrogens with zero attached hydrogens (tertiary/aromatic N) is 3. The van der Waals surface area contributed by atoms with Crippen LogP contribution in [0.25, 0.3) is 11.3 Å². The summed E-state index contributed by atoms with van der Waals surface area (Å²) >= 11 is 0. The minimum atomic E-state index is -0.502. The van der Waals surface area contributed by atoms with E-state index in [1.165, 1.54) is 45.6 Å².